The van der Waals surface area contributed by atoms with Crippen LogP contribution in [-0.4, -0.2) is 66.2 Å². The third-order valence-corrected chi connectivity index (χ3v) is 3.95. The first kappa shape index (κ1) is 18.3. The molecule has 4 N–H and O–H groups in total. The number of halogens is 3. The van der Waals surface area contributed by atoms with Crippen LogP contribution in [0.1, 0.15) is 20.8 Å². The molecule has 10 heteroatoms. The molecule has 134 valence electrons. The van der Waals surface area contributed by atoms with Gasteiger partial charge in [0.15, 0.2) is 0 Å². The molecule has 1 aromatic heterocycles. The van der Waals surface area contributed by atoms with Crippen molar-refractivity contribution in [3.05, 3.63) is 23.5 Å². The Bertz CT molecular complexity index is 608. The second-order valence-electron chi connectivity index (χ2n) is 5.64. The number of hydrogen-bond donors (Lipinski definition) is 3. The molecule has 0 saturated carbocycles. The molecule has 1 aromatic rings. The second-order valence-corrected chi connectivity index (χ2v) is 5.64. The van der Waals surface area contributed by atoms with E-state index in [0.717, 1.165) is 0 Å². The van der Waals surface area contributed by atoms with Gasteiger partial charge in [0.05, 0.1) is 5.56 Å². The van der Waals surface area contributed by atoms with Crippen LogP contribution in [0.5, 0.6) is 0 Å². The lowest BCUT2D eigenvalue weighted by Gasteiger charge is -2.35. The number of amides is 2. The summed E-state index contributed by atoms with van der Waals surface area (Å²) in [5.74, 6) is -1.40. The Morgan fingerprint density at radius 2 is 2.00 bits per heavy atom. The van der Waals surface area contributed by atoms with E-state index in [1.165, 1.54) is 28.8 Å². The van der Waals surface area contributed by atoms with Crippen LogP contribution in [0, 0.1) is 0 Å². The van der Waals surface area contributed by atoms with E-state index in [9.17, 15) is 22.8 Å². The van der Waals surface area contributed by atoms with Gasteiger partial charge in [0, 0.05) is 46.0 Å². The lowest BCUT2D eigenvalue weighted by molar-refractivity contribution is -0.183. The van der Waals surface area contributed by atoms with Gasteiger partial charge in [-0.3, -0.25) is 14.5 Å². The molecule has 0 bridgehead atoms. The molecular formula is C14H20F3N5O2. The average Bonchev–Trinajstić information content (AvgIpc) is 2.89. The maximum Gasteiger partial charge on any atom is 0.405 e. The molecule has 0 aromatic carbocycles. The van der Waals surface area contributed by atoms with Crippen LogP contribution in [-0.2, 0) is 7.05 Å². The van der Waals surface area contributed by atoms with E-state index < -0.39 is 30.6 Å². The van der Waals surface area contributed by atoms with Gasteiger partial charge in [0.2, 0.25) is 5.91 Å². The number of piperazine rings is 1. The van der Waals surface area contributed by atoms with Gasteiger partial charge in [-0.15, -0.1) is 0 Å². The number of carbonyl (C=O) groups is 2. The minimum absolute atomic E-state index is 0.0741. The van der Waals surface area contributed by atoms with E-state index in [1.54, 1.807) is 0 Å². The summed E-state index contributed by atoms with van der Waals surface area (Å²) in [6.07, 6.45) is -3.09. The predicted molar refractivity (Wildman–Crippen MR) is 80.5 cm³/mol. The monoisotopic (exact) mass is 347 g/mol. The van der Waals surface area contributed by atoms with Crippen molar-refractivity contribution >= 4 is 11.8 Å². The SMILES string of the molecule is Cn1cc(C(N)=O)cc1C(=O)NCC(N1CCNCC1)C(F)(F)F. The highest BCUT2D eigenvalue weighted by atomic mass is 19.4. The molecule has 7 nitrogen and oxygen atoms in total. The van der Waals surface area contributed by atoms with Crippen molar-refractivity contribution in [3.63, 3.8) is 0 Å². The van der Waals surface area contributed by atoms with E-state index in [0.29, 0.717) is 13.1 Å². The van der Waals surface area contributed by atoms with Crippen LogP contribution in [0.2, 0.25) is 0 Å². The quantitative estimate of drug-likeness (QED) is 0.681. The van der Waals surface area contributed by atoms with Crippen LogP contribution in [0.15, 0.2) is 12.3 Å². The molecule has 24 heavy (non-hydrogen) atoms. The minimum atomic E-state index is -4.45. The number of carbonyl (C=O) groups excluding carboxylic acids is 2. The van der Waals surface area contributed by atoms with Crippen LogP contribution >= 0.6 is 0 Å². The number of nitrogens with two attached hydrogens (primary N) is 1. The molecule has 2 rings (SSSR count). The molecule has 1 unspecified atom stereocenters. The lowest BCUT2D eigenvalue weighted by Crippen LogP contribution is -2.57. The summed E-state index contributed by atoms with van der Waals surface area (Å²) in [6, 6.07) is -0.495. The smallest absolute Gasteiger partial charge is 0.366 e. The zero-order valence-electron chi connectivity index (χ0n) is 13.2. The summed E-state index contributed by atoms with van der Waals surface area (Å²) < 4.78 is 41.2. The summed E-state index contributed by atoms with van der Waals surface area (Å²) in [4.78, 5) is 24.5. The summed E-state index contributed by atoms with van der Waals surface area (Å²) in [6.45, 7) is 0.909. The van der Waals surface area contributed by atoms with Crippen LogP contribution in [0.4, 0.5) is 13.2 Å². The minimum Gasteiger partial charge on any atom is -0.366 e. The van der Waals surface area contributed by atoms with E-state index in [4.69, 9.17) is 5.73 Å². The fraction of sp³-hybridized carbons (Fsp3) is 0.571. The normalized spacial score (nSPS) is 17.5. The van der Waals surface area contributed by atoms with Crippen LogP contribution in [0.3, 0.4) is 0 Å². The molecular weight excluding hydrogens is 327 g/mol. The molecule has 1 atom stereocenters. The molecule has 0 spiro atoms. The maximum absolute atomic E-state index is 13.3. The first-order valence-corrected chi connectivity index (χ1v) is 7.46. The van der Waals surface area contributed by atoms with Gasteiger partial charge in [-0.05, 0) is 6.07 Å². The molecule has 1 fully saturated rings. The zero-order chi connectivity index (χ0) is 17.9. The van der Waals surface area contributed by atoms with E-state index in [1.807, 2.05) is 0 Å². The van der Waals surface area contributed by atoms with E-state index in [-0.39, 0.29) is 24.3 Å². The summed E-state index contributed by atoms with van der Waals surface area (Å²) in [5, 5.41) is 5.29. The molecule has 2 amide bonds. The number of aromatic nitrogens is 1. The summed E-state index contributed by atoms with van der Waals surface area (Å²) in [7, 11) is 1.51. The van der Waals surface area contributed by atoms with Gasteiger partial charge in [0.25, 0.3) is 5.91 Å². The number of rotatable bonds is 5. The summed E-state index contributed by atoms with van der Waals surface area (Å²) in [5.41, 5.74) is 5.32. The molecule has 0 aliphatic carbocycles. The van der Waals surface area contributed by atoms with Gasteiger partial charge in [-0.1, -0.05) is 0 Å². The van der Waals surface area contributed by atoms with Crippen molar-refractivity contribution in [2.24, 2.45) is 12.8 Å². The molecule has 1 saturated heterocycles. The average molecular weight is 347 g/mol. The Labute approximate surface area is 137 Å². The number of alkyl halides is 3. The Hall–Kier alpha value is -2.07. The lowest BCUT2D eigenvalue weighted by atomic mass is 10.2. The van der Waals surface area contributed by atoms with Gasteiger partial charge < -0.3 is 20.9 Å². The van der Waals surface area contributed by atoms with E-state index >= 15 is 0 Å². The van der Waals surface area contributed by atoms with E-state index in [2.05, 4.69) is 10.6 Å². The molecule has 1 aliphatic rings. The Balaban J connectivity index is 2.05. The number of primary amides is 1. The third kappa shape index (κ3) is 4.26. The number of hydrogen-bond acceptors (Lipinski definition) is 4. The Morgan fingerprint density at radius 1 is 1.38 bits per heavy atom. The maximum atomic E-state index is 13.3. The summed E-state index contributed by atoms with van der Waals surface area (Å²) >= 11 is 0. The van der Waals surface area contributed by atoms with Crippen LogP contribution in [0.25, 0.3) is 0 Å². The number of aryl methyl sites for hydroxylation is 1. The first-order valence-electron chi connectivity index (χ1n) is 7.46. The van der Waals surface area contributed by atoms with Gasteiger partial charge >= 0.3 is 6.18 Å². The fourth-order valence-corrected chi connectivity index (χ4v) is 2.65. The highest BCUT2D eigenvalue weighted by Gasteiger charge is 2.43. The topological polar surface area (TPSA) is 92.4 Å². The second kappa shape index (κ2) is 7.22. The number of nitrogens with one attached hydrogen (secondary N) is 2. The Morgan fingerprint density at radius 3 is 2.50 bits per heavy atom. The highest BCUT2D eigenvalue weighted by molar-refractivity contribution is 5.98. The highest BCUT2D eigenvalue weighted by Crippen LogP contribution is 2.24. The van der Waals surface area contributed by atoms with Crippen molar-refractivity contribution in [2.45, 2.75) is 12.2 Å². The van der Waals surface area contributed by atoms with Crippen molar-refractivity contribution in [1.29, 1.82) is 0 Å². The largest absolute Gasteiger partial charge is 0.405 e. The Kier molecular flexibility index (Phi) is 5.50. The van der Waals surface area contributed by atoms with Crippen molar-refractivity contribution in [3.8, 4) is 0 Å². The molecule has 1 aliphatic heterocycles. The fourth-order valence-electron chi connectivity index (χ4n) is 2.65. The van der Waals surface area contributed by atoms with Crippen LogP contribution < -0.4 is 16.4 Å². The predicted octanol–water partition coefficient (Wildman–Crippen LogP) is -0.310. The zero-order valence-corrected chi connectivity index (χ0v) is 13.2. The van der Waals surface area contributed by atoms with Crippen molar-refractivity contribution in [1.82, 2.24) is 20.1 Å². The van der Waals surface area contributed by atoms with Gasteiger partial charge in [0.1, 0.15) is 11.7 Å². The van der Waals surface area contributed by atoms with Gasteiger partial charge in [-0.25, -0.2) is 0 Å². The molecule has 2 heterocycles. The standard InChI is InChI=1S/C14H20F3N5O2/c1-21-8-9(12(18)23)6-10(21)13(24)20-7-11(14(15,16)17)22-4-2-19-3-5-22/h6,8,11,19H,2-5,7H2,1H3,(H2,18,23)(H,20,24). The third-order valence-electron chi connectivity index (χ3n) is 3.95. The van der Waals surface area contributed by atoms with Gasteiger partial charge in [-0.2, -0.15) is 13.2 Å². The molecule has 0 radical (unpaired) electrons. The first-order chi connectivity index (χ1) is 11.2. The van der Waals surface area contributed by atoms with Crippen molar-refractivity contribution < 1.29 is 22.8 Å². The number of nitrogens with zero attached hydrogens (tertiary/aromatic N) is 2. The van der Waals surface area contributed by atoms with Crippen molar-refractivity contribution in [2.75, 3.05) is 32.7 Å².